The number of rotatable bonds is 3. The quantitative estimate of drug-likeness (QED) is 0.608. The summed E-state index contributed by atoms with van der Waals surface area (Å²) in [6.07, 6.45) is 5.63. The Morgan fingerprint density at radius 2 is 2.05 bits per heavy atom. The van der Waals surface area contributed by atoms with Gasteiger partial charge in [0.2, 0.25) is 0 Å². The summed E-state index contributed by atoms with van der Waals surface area (Å²) < 4.78 is 1.96. The van der Waals surface area contributed by atoms with Crippen LogP contribution in [0.25, 0.3) is 16.9 Å². The summed E-state index contributed by atoms with van der Waals surface area (Å²) in [5, 5.41) is 10.3. The minimum Gasteiger partial charge on any atom is -0.320 e. The van der Waals surface area contributed by atoms with Gasteiger partial charge in [-0.3, -0.25) is 5.10 Å². The van der Waals surface area contributed by atoms with Gasteiger partial charge in [0.05, 0.1) is 5.69 Å². The minimum absolute atomic E-state index is 0.679. The molecule has 0 saturated carbocycles. The van der Waals surface area contributed by atoms with E-state index in [1.54, 1.807) is 6.20 Å². The predicted octanol–water partition coefficient (Wildman–Crippen LogP) is 3.17. The van der Waals surface area contributed by atoms with Crippen molar-refractivity contribution in [3.8, 4) is 11.3 Å². The maximum atomic E-state index is 4.70. The van der Waals surface area contributed by atoms with Gasteiger partial charge in [0.1, 0.15) is 0 Å². The molecule has 0 fully saturated rings. The Morgan fingerprint density at radius 3 is 2.82 bits per heavy atom. The van der Waals surface area contributed by atoms with Gasteiger partial charge >= 0.3 is 0 Å². The van der Waals surface area contributed by atoms with Gasteiger partial charge in [0.25, 0.3) is 0 Å². The first-order valence-electron chi connectivity index (χ1n) is 6.98. The van der Waals surface area contributed by atoms with Crippen molar-refractivity contribution in [2.24, 2.45) is 0 Å². The fraction of sp³-hybridized carbons (Fsp3) is 0.0625. The lowest BCUT2D eigenvalue weighted by Gasteiger charge is -2.08. The Hall–Kier alpha value is -3.15. The third-order valence-corrected chi connectivity index (χ3v) is 3.40. The number of aryl methyl sites for hydroxylation is 1. The van der Waals surface area contributed by atoms with E-state index in [4.69, 9.17) is 4.98 Å². The van der Waals surface area contributed by atoms with Crippen LogP contribution in [0.3, 0.4) is 0 Å². The molecule has 0 bridgehead atoms. The van der Waals surface area contributed by atoms with E-state index in [9.17, 15) is 0 Å². The van der Waals surface area contributed by atoms with Gasteiger partial charge in [0.15, 0.2) is 17.3 Å². The highest BCUT2D eigenvalue weighted by Crippen LogP contribution is 2.23. The zero-order chi connectivity index (χ0) is 14.9. The van der Waals surface area contributed by atoms with Crippen molar-refractivity contribution in [2.45, 2.75) is 6.92 Å². The second-order valence-electron chi connectivity index (χ2n) is 5.06. The first-order chi connectivity index (χ1) is 10.8. The molecular formula is C16H14N6. The third kappa shape index (κ3) is 2.20. The van der Waals surface area contributed by atoms with Crippen LogP contribution in [0.2, 0.25) is 0 Å². The molecule has 4 aromatic rings. The summed E-state index contributed by atoms with van der Waals surface area (Å²) >= 11 is 0. The fourth-order valence-electron chi connectivity index (χ4n) is 2.37. The molecule has 0 radical (unpaired) electrons. The molecule has 0 aliphatic rings. The molecule has 4 rings (SSSR count). The standard InChI is InChI=1S/C16H14N6/c1-11-9-14(21-20-11)19-15-16-17-7-8-22(16)10-13(18-15)12-5-3-2-4-6-12/h2-10H,1H3,(H2,18,19,20,21). The Kier molecular flexibility index (Phi) is 2.86. The molecule has 0 unspecified atom stereocenters. The highest BCUT2D eigenvalue weighted by Gasteiger charge is 2.10. The molecule has 108 valence electrons. The van der Waals surface area contributed by atoms with Gasteiger partial charge < -0.3 is 9.72 Å². The smallest absolute Gasteiger partial charge is 0.180 e. The van der Waals surface area contributed by atoms with E-state index >= 15 is 0 Å². The molecule has 3 heterocycles. The number of H-pyrrole nitrogens is 1. The van der Waals surface area contributed by atoms with Gasteiger partial charge in [0, 0.05) is 35.9 Å². The van der Waals surface area contributed by atoms with Gasteiger partial charge in [-0.15, -0.1) is 0 Å². The molecule has 22 heavy (non-hydrogen) atoms. The van der Waals surface area contributed by atoms with Crippen molar-refractivity contribution >= 4 is 17.3 Å². The molecule has 0 amide bonds. The van der Waals surface area contributed by atoms with Gasteiger partial charge in [-0.1, -0.05) is 30.3 Å². The topological polar surface area (TPSA) is 70.9 Å². The van der Waals surface area contributed by atoms with E-state index in [1.807, 2.05) is 60.1 Å². The average molecular weight is 290 g/mol. The Morgan fingerprint density at radius 1 is 1.18 bits per heavy atom. The molecular weight excluding hydrogens is 276 g/mol. The molecule has 0 aliphatic carbocycles. The van der Waals surface area contributed by atoms with Crippen molar-refractivity contribution in [1.29, 1.82) is 0 Å². The first kappa shape index (κ1) is 12.6. The van der Waals surface area contributed by atoms with Crippen molar-refractivity contribution in [3.05, 3.63) is 60.7 Å². The molecule has 1 aromatic carbocycles. The lowest BCUT2D eigenvalue weighted by Crippen LogP contribution is -2.00. The number of imidazole rings is 1. The molecule has 6 heteroatoms. The van der Waals surface area contributed by atoms with Crippen molar-refractivity contribution in [1.82, 2.24) is 24.6 Å². The maximum Gasteiger partial charge on any atom is 0.180 e. The maximum absolute atomic E-state index is 4.70. The fourth-order valence-corrected chi connectivity index (χ4v) is 2.37. The number of nitrogens with zero attached hydrogens (tertiary/aromatic N) is 4. The van der Waals surface area contributed by atoms with E-state index < -0.39 is 0 Å². The summed E-state index contributed by atoms with van der Waals surface area (Å²) in [5.41, 5.74) is 3.68. The van der Waals surface area contributed by atoms with Crippen molar-refractivity contribution in [2.75, 3.05) is 5.32 Å². The number of benzene rings is 1. The highest BCUT2D eigenvalue weighted by molar-refractivity contribution is 5.72. The van der Waals surface area contributed by atoms with E-state index in [1.165, 1.54) is 0 Å². The van der Waals surface area contributed by atoms with Crippen molar-refractivity contribution in [3.63, 3.8) is 0 Å². The van der Waals surface area contributed by atoms with Gasteiger partial charge in [-0.25, -0.2) is 9.97 Å². The number of nitrogens with one attached hydrogen (secondary N) is 2. The largest absolute Gasteiger partial charge is 0.320 e. The summed E-state index contributed by atoms with van der Waals surface area (Å²) in [6, 6.07) is 12.0. The van der Waals surface area contributed by atoms with Crippen LogP contribution >= 0.6 is 0 Å². The predicted molar refractivity (Wildman–Crippen MR) is 85.0 cm³/mol. The summed E-state index contributed by atoms with van der Waals surface area (Å²) in [4.78, 5) is 9.06. The Bertz CT molecular complexity index is 922. The highest BCUT2D eigenvalue weighted by atomic mass is 15.2. The van der Waals surface area contributed by atoms with Crippen LogP contribution < -0.4 is 5.32 Å². The summed E-state index contributed by atoms with van der Waals surface area (Å²) in [6.45, 7) is 1.96. The summed E-state index contributed by atoms with van der Waals surface area (Å²) in [7, 11) is 0. The normalized spacial score (nSPS) is 11.0. The van der Waals surface area contributed by atoms with Crippen molar-refractivity contribution < 1.29 is 0 Å². The zero-order valence-electron chi connectivity index (χ0n) is 12.0. The first-order valence-corrected chi connectivity index (χ1v) is 6.98. The number of fused-ring (bicyclic) bond motifs is 1. The lowest BCUT2D eigenvalue weighted by molar-refractivity contribution is 1.04. The lowest BCUT2D eigenvalue weighted by atomic mass is 10.2. The van der Waals surface area contributed by atoms with E-state index in [0.717, 1.165) is 28.4 Å². The molecule has 2 N–H and O–H groups in total. The summed E-state index contributed by atoms with van der Waals surface area (Å²) in [5.74, 6) is 1.40. The number of hydrogen-bond acceptors (Lipinski definition) is 4. The average Bonchev–Trinajstić information content (AvgIpc) is 3.17. The Balaban J connectivity index is 1.84. The third-order valence-electron chi connectivity index (χ3n) is 3.40. The second-order valence-corrected chi connectivity index (χ2v) is 5.06. The van der Waals surface area contributed by atoms with E-state index in [-0.39, 0.29) is 0 Å². The number of aromatic amines is 1. The monoisotopic (exact) mass is 290 g/mol. The van der Waals surface area contributed by atoms with E-state index in [2.05, 4.69) is 20.5 Å². The van der Waals surface area contributed by atoms with Crippen LogP contribution in [0.4, 0.5) is 11.6 Å². The van der Waals surface area contributed by atoms with E-state index in [0.29, 0.717) is 5.82 Å². The van der Waals surface area contributed by atoms with Crippen LogP contribution in [0.1, 0.15) is 5.69 Å². The minimum atomic E-state index is 0.679. The molecule has 0 saturated heterocycles. The molecule has 0 atom stereocenters. The number of aromatic nitrogens is 5. The Labute approximate surface area is 126 Å². The van der Waals surface area contributed by atoms with Gasteiger partial charge in [-0.2, -0.15) is 5.10 Å². The number of anilines is 2. The molecule has 0 spiro atoms. The van der Waals surface area contributed by atoms with Crippen LogP contribution in [-0.2, 0) is 0 Å². The molecule has 0 aliphatic heterocycles. The van der Waals surface area contributed by atoms with Crippen LogP contribution in [0, 0.1) is 6.92 Å². The molecule has 6 nitrogen and oxygen atoms in total. The number of hydrogen-bond donors (Lipinski definition) is 2. The van der Waals surface area contributed by atoms with Crippen LogP contribution in [0.5, 0.6) is 0 Å². The van der Waals surface area contributed by atoms with Crippen LogP contribution in [-0.4, -0.2) is 24.6 Å². The SMILES string of the molecule is Cc1cc(Nc2nc(-c3ccccc3)cn3ccnc23)n[nH]1. The molecule has 3 aromatic heterocycles. The zero-order valence-corrected chi connectivity index (χ0v) is 12.0. The second kappa shape index (κ2) is 5.00. The van der Waals surface area contributed by atoms with Crippen LogP contribution in [0.15, 0.2) is 55.0 Å². The van der Waals surface area contributed by atoms with Gasteiger partial charge in [-0.05, 0) is 6.92 Å².